The lowest BCUT2D eigenvalue weighted by Crippen LogP contribution is -2.03. The molecular formula is C16H16N2O. The second-order valence-corrected chi connectivity index (χ2v) is 4.77. The Labute approximate surface area is 112 Å². The fourth-order valence-corrected chi connectivity index (χ4v) is 2.42. The number of hydrogen-bond donors (Lipinski definition) is 1. The zero-order valence-corrected chi connectivity index (χ0v) is 10.8. The van der Waals surface area contributed by atoms with Crippen molar-refractivity contribution in [2.45, 2.75) is 12.5 Å². The van der Waals surface area contributed by atoms with E-state index >= 15 is 0 Å². The van der Waals surface area contributed by atoms with Gasteiger partial charge in [-0.05, 0) is 22.4 Å². The molecule has 1 atom stereocenters. The molecule has 2 aromatic carbocycles. The largest absolute Gasteiger partial charge is 0.388 e. The van der Waals surface area contributed by atoms with Gasteiger partial charge in [0.2, 0.25) is 0 Å². The molecule has 0 aliphatic carbocycles. The molecule has 0 aliphatic rings. The molecule has 0 aliphatic heterocycles. The van der Waals surface area contributed by atoms with E-state index < -0.39 is 6.10 Å². The standard InChI is InChI=1S/C16H16N2O/c1-18-10-9-13(17-18)11-16(19)15-8-4-6-12-5-2-3-7-14(12)15/h2-10,16,19H,11H2,1H3. The van der Waals surface area contributed by atoms with Crippen LogP contribution in [0.4, 0.5) is 0 Å². The lowest BCUT2D eigenvalue weighted by atomic mass is 9.98. The van der Waals surface area contributed by atoms with Gasteiger partial charge < -0.3 is 5.11 Å². The minimum atomic E-state index is -0.527. The van der Waals surface area contributed by atoms with Crippen LogP contribution in [0.3, 0.4) is 0 Å². The molecule has 0 radical (unpaired) electrons. The monoisotopic (exact) mass is 252 g/mol. The van der Waals surface area contributed by atoms with E-state index in [2.05, 4.69) is 17.2 Å². The first-order valence-electron chi connectivity index (χ1n) is 6.38. The van der Waals surface area contributed by atoms with Crippen molar-refractivity contribution in [1.82, 2.24) is 9.78 Å². The second-order valence-electron chi connectivity index (χ2n) is 4.77. The molecule has 1 heterocycles. The van der Waals surface area contributed by atoms with E-state index in [4.69, 9.17) is 0 Å². The predicted molar refractivity (Wildman–Crippen MR) is 75.8 cm³/mol. The topological polar surface area (TPSA) is 38.0 Å². The zero-order valence-electron chi connectivity index (χ0n) is 10.8. The Balaban J connectivity index is 1.95. The van der Waals surface area contributed by atoms with E-state index in [1.165, 1.54) is 0 Å². The molecule has 0 saturated heterocycles. The first-order chi connectivity index (χ1) is 9.24. The summed E-state index contributed by atoms with van der Waals surface area (Å²) in [6, 6.07) is 16.1. The predicted octanol–water partition coefficient (Wildman–Crippen LogP) is 2.85. The molecule has 96 valence electrons. The molecule has 3 aromatic rings. The van der Waals surface area contributed by atoms with Crippen LogP contribution in [0.25, 0.3) is 10.8 Å². The van der Waals surface area contributed by atoms with Crippen molar-refractivity contribution in [2.75, 3.05) is 0 Å². The normalized spacial score (nSPS) is 12.7. The summed E-state index contributed by atoms with van der Waals surface area (Å²) in [4.78, 5) is 0. The number of aliphatic hydroxyl groups is 1. The average molecular weight is 252 g/mol. The quantitative estimate of drug-likeness (QED) is 0.778. The van der Waals surface area contributed by atoms with Gasteiger partial charge in [0.15, 0.2) is 0 Å². The van der Waals surface area contributed by atoms with E-state index in [0.717, 1.165) is 22.0 Å². The number of aliphatic hydroxyl groups excluding tert-OH is 1. The number of nitrogens with zero attached hydrogens (tertiary/aromatic N) is 2. The van der Waals surface area contributed by atoms with Crippen LogP contribution >= 0.6 is 0 Å². The van der Waals surface area contributed by atoms with Gasteiger partial charge in [-0.25, -0.2) is 0 Å². The van der Waals surface area contributed by atoms with Crippen LogP contribution in [-0.4, -0.2) is 14.9 Å². The van der Waals surface area contributed by atoms with Gasteiger partial charge in [0.05, 0.1) is 11.8 Å². The minimum absolute atomic E-state index is 0.527. The Hall–Kier alpha value is -2.13. The van der Waals surface area contributed by atoms with Crippen LogP contribution in [0.1, 0.15) is 17.4 Å². The molecule has 0 spiro atoms. The molecule has 1 unspecified atom stereocenters. The van der Waals surface area contributed by atoms with Crippen molar-refractivity contribution in [3.8, 4) is 0 Å². The summed E-state index contributed by atoms with van der Waals surface area (Å²) in [6.45, 7) is 0. The van der Waals surface area contributed by atoms with Gasteiger partial charge in [-0.15, -0.1) is 0 Å². The Morgan fingerprint density at radius 2 is 1.89 bits per heavy atom. The fraction of sp³-hybridized carbons (Fsp3) is 0.188. The number of fused-ring (bicyclic) bond motifs is 1. The van der Waals surface area contributed by atoms with Crippen LogP contribution in [0.5, 0.6) is 0 Å². The van der Waals surface area contributed by atoms with E-state index in [9.17, 15) is 5.11 Å². The van der Waals surface area contributed by atoms with Crippen LogP contribution in [-0.2, 0) is 13.5 Å². The van der Waals surface area contributed by atoms with E-state index in [0.29, 0.717) is 6.42 Å². The Morgan fingerprint density at radius 3 is 2.68 bits per heavy atom. The van der Waals surface area contributed by atoms with E-state index in [-0.39, 0.29) is 0 Å². The molecular weight excluding hydrogens is 236 g/mol. The highest BCUT2D eigenvalue weighted by Crippen LogP contribution is 2.26. The summed E-state index contributed by atoms with van der Waals surface area (Å²) in [6.07, 6.45) is 1.90. The van der Waals surface area contributed by atoms with Crippen molar-refractivity contribution in [3.63, 3.8) is 0 Å². The maximum Gasteiger partial charge on any atom is 0.0852 e. The van der Waals surface area contributed by atoms with Crippen LogP contribution in [0.2, 0.25) is 0 Å². The smallest absolute Gasteiger partial charge is 0.0852 e. The van der Waals surface area contributed by atoms with Gasteiger partial charge in [0.1, 0.15) is 0 Å². The third kappa shape index (κ3) is 2.37. The van der Waals surface area contributed by atoms with Gasteiger partial charge in [-0.1, -0.05) is 42.5 Å². The Bertz CT molecular complexity index is 697. The fourth-order valence-electron chi connectivity index (χ4n) is 2.42. The first-order valence-corrected chi connectivity index (χ1v) is 6.38. The molecule has 0 amide bonds. The molecule has 3 heteroatoms. The molecule has 0 bridgehead atoms. The zero-order chi connectivity index (χ0) is 13.2. The summed E-state index contributed by atoms with van der Waals surface area (Å²) < 4.78 is 1.76. The molecule has 1 aromatic heterocycles. The summed E-state index contributed by atoms with van der Waals surface area (Å²) in [5.74, 6) is 0. The van der Waals surface area contributed by atoms with Gasteiger partial charge in [-0.2, -0.15) is 5.10 Å². The van der Waals surface area contributed by atoms with Gasteiger partial charge in [0.25, 0.3) is 0 Å². The van der Waals surface area contributed by atoms with Gasteiger partial charge in [-0.3, -0.25) is 4.68 Å². The summed E-state index contributed by atoms with van der Waals surface area (Å²) >= 11 is 0. The van der Waals surface area contributed by atoms with Gasteiger partial charge in [0, 0.05) is 19.7 Å². The molecule has 0 saturated carbocycles. The SMILES string of the molecule is Cn1ccc(CC(O)c2cccc3ccccc23)n1. The molecule has 3 rings (SSSR count). The lowest BCUT2D eigenvalue weighted by Gasteiger charge is -2.12. The van der Waals surface area contributed by atoms with Crippen LogP contribution in [0, 0.1) is 0 Å². The Morgan fingerprint density at radius 1 is 1.11 bits per heavy atom. The van der Waals surface area contributed by atoms with Crippen molar-refractivity contribution < 1.29 is 5.11 Å². The maximum absolute atomic E-state index is 10.4. The van der Waals surface area contributed by atoms with Gasteiger partial charge >= 0.3 is 0 Å². The molecule has 3 nitrogen and oxygen atoms in total. The second kappa shape index (κ2) is 4.86. The number of aryl methyl sites for hydroxylation is 1. The average Bonchev–Trinajstić information content (AvgIpc) is 2.83. The number of rotatable bonds is 3. The van der Waals surface area contributed by atoms with Crippen LogP contribution < -0.4 is 0 Å². The highest BCUT2D eigenvalue weighted by molar-refractivity contribution is 5.85. The highest BCUT2D eigenvalue weighted by Gasteiger charge is 2.13. The van der Waals surface area contributed by atoms with Crippen molar-refractivity contribution in [2.24, 2.45) is 7.05 Å². The van der Waals surface area contributed by atoms with Crippen LogP contribution in [0.15, 0.2) is 54.7 Å². The number of aromatic nitrogens is 2. The van der Waals surface area contributed by atoms with Crippen molar-refractivity contribution in [3.05, 3.63) is 66.0 Å². The maximum atomic E-state index is 10.4. The molecule has 19 heavy (non-hydrogen) atoms. The van der Waals surface area contributed by atoms with Crippen molar-refractivity contribution >= 4 is 10.8 Å². The highest BCUT2D eigenvalue weighted by atomic mass is 16.3. The third-order valence-electron chi connectivity index (χ3n) is 3.35. The minimum Gasteiger partial charge on any atom is -0.388 e. The Kier molecular flexibility index (Phi) is 3.05. The van der Waals surface area contributed by atoms with E-state index in [1.54, 1.807) is 4.68 Å². The summed E-state index contributed by atoms with van der Waals surface area (Å²) in [5, 5.41) is 17.0. The third-order valence-corrected chi connectivity index (χ3v) is 3.35. The molecule has 1 N–H and O–H groups in total. The number of hydrogen-bond acceptors (Lipinski definition) is 2. The van der Waals surface area contributed by atoms with Crippen molar-refractivity contribution in [1.29, 1.82) is 0 Å². The number of benzene rings is 2. The summed E-state index contributed by atoms with van der Waals surface area (Å²) in [7, 11) is 1.88. The van der Waals surface area contributed by atoms with E-state index in [1.807, 2.05) is 49.6 Å². The lowest BCUT2D eigenvalue weighted by molar-refractivity contribution is 0.178. The summed E-state index contributed by atoms with van der Waals surface area (Å²) in [5.41, 5.74) is 1.87. The first kappa shape index (κ1) is 11.9. The molecule has 0 fully saturated rings.